The van der Waals surface area contributed by atoms with E-state index < -0.39 is 11.2 Å². The highest BCUT2D eigenvalue weighted by Crippen LogP contribution is 2.27. The van der Waals surface area contributed by atoms with Crippen LogP contribution < -0.4 is 0 Å². The second-order valence-corrected chi connectivity index (χ2v) is 5.69. The molecule has 0 saturated heterocycles. The fourth-order valence-corrected chi connectivity index (χ4v) is 2.21. The van der Waals surface area contributed by atoms with Gasteiger partial charge in [0, 0.05) is 10.0 Å². The molecule has 0 radical (unpaired) electrons. The molecule has 2 aromatic rings. The van der Waals surface area contributed by atoms with E-state index in [-0.39, 0.29) is 5.22 Å². The van der Waals surface area contributed by atoms with Crippen molar-refractivity contribution in [1.82, 2.24) is 10.2 Å². The van der Waals surface area contributed by atoms with Crippen molar-refractivity contribution in [2.75, 3.05) is 0 Å². The zero-order valence-corrected chi connectivity index (χ0v) is 11.7. The number of aromatic nitrogens is 2. The predicted molar refractivity (Wildman–Crippen MR) is 70.4 cm³/mol. The van der Waals surface area contributed by atoms with Gasteiger partial charge >= 0.3 is 5.97 Å². The first kappa shape index (κ1) is 13.1. The summed E-state index contributed by atoms with van der Waals surface area (Å²) in [4.78, 5) is 10.7. The van der Waals surface area contributed by atoms with E-state index in [4.69, 9.17) is 9.52 Å². The molecule has 1 N–H and O–H groups in total. The summed E-state index contributed by atoms with van der Waals surface area (Å²) in [6, 6.07) is 7.44. The molecular formula is C11H9BrN2O3S. The van der Waals surface area contributed by atoms with E-state index in [1.807, 2.05) is 24.3 Å². The van der Waals surface area contributed by atoms with Gasteiger partial charge in [-0.05, 0) is 25.1 Å². The number of carboxylic acids is 1. The van der Waals surface area contributed by atoms with E-state index >= 15 is 0 Å². The quantitative estimate of drug-likeness (QED) is 0.869. The molecule has 5 nitrogen and oxygen atoms in total. The first-order valence-corrected chi connectivity index (χ1v) is 6.72. The second-order valence-electron chi connectivity index (χ2n) is 3.48. The van der Waals surface area contributed by atoms with Crippen LogP contribution in [0.4, 0.5) is 0 Å². The highest BCUT2D eigenvalue weighted by Gasteiger charge is 2.17. The third-order valence-electron chi connectivity index (χ3n) is 2.10. The minimum atomic E-state index is -0.915. The molecule has 2 rings (SSSR count). The normalized spacial score (nSPS) is 12.3. The summed E-state index contributed by atoms with van der Waals surface area (Å²) >= 11 is 4.37. The lowest BCUT2D eigenvalue weighted by Gasteiger charge is -1.99. The molecule has 0 bridgehead atoms. The molecule has 0 aliphatic heterocycles. The Hall–Kier alpha value is -1.34. The van der Waals surface area contributed by atoms with Crippen molar-refractivity contribution in [1.29, 1.82) is 0 Å². The number of nitrogens with zero attached hydrogens (tertiary/aromatic N) is 2. The van der Waals surface area contributed by atoms with Gasteiger partial charge in [-0.1, -0.05) is 33.8 Å². The van der Waals surface area contributed by atoms with Gasteiger partial charge < -0.3 is 9.52 Å². The van der Waals surface area contributed by atoms with Gasteiger partial charge in [0.15, 0.2) is 0 Å². The number of rotatable bonds is 4. The van der Waals surface area contributed by atoms with Gasteiger partial charge in [-0.15, -0.1) is 10.2 Å². The Morgan fingerprint density at radius 2 is 2.28 bits per heavy atom. The van der Waals surface area contributed by atoms with Crippen molar-refractivity contribution < 1.29 is 14.3 Å². The fraction of sp³-hybridized carbons (Fsp3) is 0.182. The van der Waals surface area contributed by atoms with Gasteiger partial charge in [-0.3, -0.25) is 4.79 Å². The SMILES string of the molecule is CC(Sc1nnc(-c2cccc(Br)c2)o1)C(=O)O. The standard InChI is InChI=1S/C11H9BrN2O3S/c1-6(10(15)16)18-11-14-13-9(17-11)7-3-2-4-8(12)5-7/h2-6H,1H3,(H,15,16). The molecule has 1 heterocycles. The van der Waals surface area contributed by atoms with Crippen LogP contribution in [0.1, 0.15) is 6.92 Å². The highest BCUT2D eigenvalue weighted by molar-refractivity contribution is 9.10. The molecule has 0 fully saturated rings. The summed E-state index contributed by atoms with van der Waals surface area (Å²) in [5.74, 6) is -0.543. The Kier molecular flexibility index (Phi) is 4.03. The van der Waals surface area contributed by atoms with E-state index in [1.165, 1.54) is 0 Å². The van der Waals surface area contributed by atoms with Crippen molar-refractivity contribution in [2.45, 2.75) is 17.4 Å². The van der Waals surface area contributed by atoms with Crippen LogP contribution in [0.2, 0.25) is 0 Å². The van der Waals surface area contributed by atoms with Crippen LogP contribution in [0.3, 0.4) is 0 Å². The van der Waals surface area contributed by atoms with E-state index in [0.29, 0.717) is 5.89 Å². The predicted octanol–water partition coefficient (Wildman–Crippen LogP) is 3.06. The zero-order valence-electron chi connectivity index (χ0n) is 9.33. The molecule has 1 atom stereocenters. The van der Waals surface area contributed by atoms with Gasteiger partial charge in [0.25, 0.3) is 5.22 Å². The summed E-state index contributed by atoms with van der Waals surface area (Å²) < 4.78 is 6.31. The zero-order chi connectivity index (χ0) is 13.1. The monoisotopic (exact) mass is 328 g/mol. The maximum Gasteiger partial charge on any atom is 0.316 e. The molecule has 0 aliphatic carbocycles. The molecule has 0 spiro atoms. The highest BCUT2D eigenvalue weighted by atomic mass is 79.9. The molecule has 18 heavy (non-hydrogen) atoms. The average molecular weight is 329 g/mol. The van der Waals surface area contributed by atoms with Crippen molar-refractivity contribution in [2.24, 2.45) is 0 Å². The van der Waals surface area contributed by atoms with E-state index in [2.05, 4.69) is 26.1 Å². The first-order valence-electron chi connectivity index (χ1n) is 5.05. The minimum absolute atomic E-state index is 0.250. The summed E-state index contributed by atoms with van der Waals surface area (Å²) in [5.41, 5.74) is 0.784. The molecule has 7 heteroatoms. The lowest BCUT2D eigenvalue weighted by molar-refractivity contribution is -0.136. The molecule has 0 amide bonds. The smallest absolute Gasteiger partial charge is 0.316 e. The maximum absolute atomic E-state index is 10.7. The number of aliphatic carboxylic acids is 1. The van der Waals surface area contributed by atoms with Crippen LogP contribution >= 0.6 is 27.7 Å². The third kappa shape index (κ3) is 3.11. The fourth-order valence-electron chi connectivity index (χ4n) is 1.20. The number of benzene rings is 1. The number of carboxylic acid groups (broad SMARTS) is 1. The number of thioether (sulfide) groups is 1. The van der Waals surface area contributed by atoms with E-state index in [1.54, 1.807) is 6.92 Å². The van der Waals surface area contributed by atoms with Crippen molar-refractivity contribution in [3.8, 4) is 11.5 Å². The first-order chi connectivity index (χ1) is 8.56. The summed E-state index contributed by atoms with van der Waals surface area (Å²) in [6.45, 7) is 1.57. The molecule has 0 saturated carbocycles. The van der Waals surface area contributed by atoms with Crippen LogP contribution in [-0.2, 0) is 4.79 Å². The summed E-state index contributed by atoms with van der Waals surface area (Å²) in [7, 11) is 0. The Morgan fingerprint density at radius 3 is 2.94 bits per heavy atom. The molecule has 1 unspecified atom stereocenters. The van der Waals surface area contributed by atoms with Crippen LogP contribution in [-0.4, -0.2) is 26.5 Å². The number of hydrogen-bond acceptors (Lipinski definition) is 5. The number of halogens is 1. The average Bonchev–Trinajstić information content (AvgIpc) is 2.77. The molecule has 1 aromatic heterocycles. The van der Waals surface area contributed by atoms with E-state index in [9.17, 15) is 4.79 Å². The van der Waals surface area contributed by atoms with E-state index in [0.717, 1.165) is 21.8 Å². The number of carbonyl (C=O) groups is 1. The third-order valence-corrected chi connectivity index (χ3v) is 3.52. The van der Waals surface area contributed by atoms with Crippen LogP contribution in [0, 0.1) is 0 Å². The summed E-state index contributed by atoms with van der Waals surface area (Å²) in [6.07, 6.45) is 0. The van der Waals surface area contributed by atoms with Crippen molar-refractivity contribution in [3.63, 3.8) is 0 Å². The topological polar surface area (TPSA) is 76.2 Å². The second kappa shape index (κ2) is 5.53. The van der Waals surface area contributed by atoms with Gasteiger partial charge in [-0.25, -0.2) is 0 Å². The van der Waals surface area contributed by atoms with Gasteiger partial charge in [-0.2, -0.15) is 0 Å². The van der Waals surface area contributed by atoms with Crippen LogP contribution in [0.15, 0.2) is 38.4 Å². The van der Waals surface area contributed by atoms with Crippen LogP contribution in [0.5, 0.6) is 0 Å². The molecule has 94 valence electrons. The lowest BCUT2D eigenvalue weighted by Crippen LogP contribution is -2.10. The van der Waals surface area contributed by atoms with Crippen molar-refractivity contribution >= 4 is 33.7 Å². The Balaban J connectivity index is 2.18. The van der Waals surface area contributed by atoms with Gasteiger partial charge in [0.2, 0.25) is 5.89 Å². The molecular weight excluding hydrogens is 320 g/mol. The Labute approximate surface area is 116 Å². The van der Waals surface area contributed by atoms with Gasteiger partial charge in [0.1, 0.15) is 5.25 Å². The van der Waals surface area contributed by atoms with Crippen molar-refractivity contribution in [3.05, 3.63) is 28.7 Å². The van der Waals surface area contributed by atoms with Crippen LogP contribution in [0.25, 0.3) is 11.5 Å². The molecule has 0 aliphatic rings. The largest absolute Gasteiger partial charge is 0.480 e. The molecule has 1 aromatic carbocycles. The maximum atomic E-state index is 10.7. The lowest BCUT2D eigenvalue weighted by atomic mass is 10.2. The number of hydrogen-bond donors (Lipinski definition) is 1. The Morgan fingerprint density at radius 1 is 1.50 bits per heavy atom. The minimum Gasteiger partial charge on any atom is -0.480 e. The Bertz CT molecular complexity index is 573. The van der Waals surface area contributed by atoms with Gasteiger partial charge in [0.05, 0.1) is 0 Å². The summed E-state index contributed by atoms with van der Waals surface area (Å²) in [5, 5.41) is 16.1.